The Bertz CT molecular complexity index is 1100. The van der Waals surface area contributed by atoms with Gasteiger partial charge in [0.05, 0.1) is 0 Å². The molecule has 1 aliphatic heterocycles. The van der Waals surface area contributed by atoms with Crippen LogP contribution in [0.2, 0.25) is 0 Å². The first-order chi connectivity index (χ1) is 14.5. The zero-order valence-electron chi connectivity index (χ0n) is 16.6. The van der Waals surface area contributed by atoms with Crippen molar-refractivity contribution in [2.24, 2.45) is 0 Å². The molecule has 1 aliphatic rings. The highest BCUT2D eigenvalue weighted by Gasteiger charge is 2.25. The number of urea groups is 1. The lowest BCUT2D eigenvalue weighted by molar-refractivity contribution is 0.0989. The van der Waals surface area contributed by atoms with Crippen molar-refractivity contribution in [3.8, 4) is 0 Å². The average molecular weight is 403 g/mol. The number of amides is 3. The molecule has 0 unspecified atom stereocenters. The number of anilines is 2. The maximum atomic E-state index is 13.6. The minimum atomic E-state index is -0.403. The third kappa shape index (κ3) is 4.17. The SMILES string of the molecule is Cc1ccc(NC(=O)NCc2ccc3c(c2)CCN3C(=O)c2ccccc2)cc1F. The molecule has 5 nitrogen and oxygen atoms in total. The number of halogens is 1. The van der Waals surface area contributed by atoms with E-state index in [0.717, 1.165) is 23.2 Å². The monoisotopic (exact) mass is 403 g/mol. The van der Waals surface area contributed by atoms with E-state index in [1.54, 1.807) is 24.0 Å². The van der Waals surface area contributed by atoms with Crippen LogP contribution < -0.4 is 15.5 Å². The van der Waals surface area contributed by atoms with Crippen molar-refractivity contribution in [1.29, 1.82) is 0 Å². The van der Waals surface area contributed by atoms with Crippen molar-refractivity contribution < 1.29 is 14.0 Å². The van der Waals surface area contributed by atoms with Crippen molar-refractivity contribution >= 4 is 23.3 Å². The van der Waals surface area contributed by atoms with E-state index in [4.69, 9.17) is 0 Å². The van der Waals surface area contributed by atoms with Crippen molar-refractivity contribution in [1.82, 2.24) is 5.32 Å². The Hall–Kier alpha value is -3.67. The summed E-state index contributed by atoms with van der Waals surface area (Å²) in [5.74, 6) is -0.369. The number of carbonyl (C=O) groups is 2. The number of hydrogen-bond acceptors (Lipinski definition) is 2. The van der Waals surface area contributed by atoms with Crippen molar-refractivity contribution in [3.63, 3.8) is 0 Å². The molecule has 0 saturated heterocycles. The Kier molecular flexibility index (Phi) is 5.48. The summed E-state index contributed by atoms with van der Waals surface area (Å²) < 4.78 is 13.6. The number of nitrogens with one attached hydrogen (secondary N) is 2. The van der Waals surface area contributed by atoms with Crippen LogP contribution in [0.25, 0.3) is 0 Å². The second kappa shape index (κ2) is 8.37. The van der Waals surface area contributed by atoms with E-state index >= 15 is 0 Å². The van der Waals surface area contributed by atoms with Crippen LogP contribution in [-0.4, -0.2) is 18.5 Å². The molecule has 3 aromatic carbocycles. The Balaban J connectivity index is 1.38. The molecule has 0 aliphatic carbocycles. The number of aryl methyl sites for hydroxylation is 1. The number of carbonyl (C=O) groups excluding carboxylic acids is 2. The highest BCUT2D eigenvalue weighted by molar-refractivity contribution is 6.07. The molecule has 152 valence electrons. The average Bonchev–Trinajstić information content (AvgIpc) is 3.18. The van der Waals surface area contributed by atoms with E-state index < -0.39 is 6.03 Å². The van der Waals surface area contributed by atoms with Gasteiger partial charge in [-0.1, -0.05) is 36.4 Å². The lowest BCUT2D eigenvalue weighted by Crippen LogP contribution is -2.29. The fourth-order valence-corrected chi connectivity index (χ4v) is 3.54. The van der Waals surface area contributed by atoms with E-state index in [-0.39, 0.29) is 11.7 Å². The van der Waals surface area contributed by atoms with Crippen LogP contribution >= 0.6 is 0 Å². The third-order valence-electron chi connectivity index (χ3n) is 5.19. The molecule has 0 saturated carbocycles. The largest absolute Gasteiger partial charge is 0.334 e. The second-order valence-electron chi connectivity index (χ2n) is 7.31. The first-order valence-electron chi connectivity index (χ1n) is 9.81. The minimum Gasteiger partial charge on any atom is -0.334 e. The van der Waals surface area contributed by atoms with Gasteiger partial charge in [0.15, 0.2) is 0 Å². The van der Waals surface area contributed by atoms with Crippen LogP contribution in [0.4, 0.5) is 20.6 Å². The number of fused-ring (bicyclic) bond motifs is 1. The number of benzene rings is 3. The summed E-state index contributed by atoms with van der Waals surface area (Å²) in [6.07, 6.45) is 0.774. The lowest BCUT2D eigenvalue weighted by Gasteiger charge is -2.17. The standard InChI is InChI=1S/C24H22FN3O2/c1-16-7-9-20(14-21(16)25)27-24(30)26-15-17-8-10-22-19(13-17)11-12-28(22)23(29)18-5-3-2-4-6-18/h2-10,13-14H,11-12,15H2,1H3,(H2,26,27,30). The van der Waals surface area contributed by atoms with Gasteiger partial charge in [0.1, 0.15) is 5.82 Å². The summed E-state index contributed by atoms with van der Waals surface area (Å²) >= 11 is 0. The number of hydrogen-bond donors (Lipinski definition) is 2. The van der Waals surface area contributed by atoms with Gasteiger partial charge in [-0.2, -0.15) is 0 Å². The van der Waals surface area contributed by atoms with Crippen molar-refractivity contribution in [2.45, 2.75) is 19.9 Å². The molecule has 1 heterocycles. The highest BCUT2D eigenvalue weighted by atomic mass is 19.1. The van der Waals surface area contributed by atoms with Crippen LogP contribution in [-0.2, 0) is 13.0 Å². The molecular formula is C24H22FN3O2. The summed E-state index contributed by atoms with van der Waals surface area (Å²) in [6.45, 7) is 2.64. The molecule has 0 atom stereocenters. The maximum absolute atomic E-state index is 13.6. The van der Waals surface area contributed by atoms with E-state index in [9.17, 15) is 14.0 Å². The maximum Gasteiger partial charge on any atom is 0.319 e. The van der Waals surface area contributed by atoms with Crippen LogP contribution in [0.3, 0.4) is 0 Å². The van der Waals surface area contributed by atoms with Gasteiger partial charge in [-0.3, -0.25) is 4.79 Å². The predicted octanol–water partition coefficient (Wildman–Crippen LogP) is 4.66. The molecular weight excluding hydrogens is 381 g/mol. The van der Waals surface area contributed by atoms with Gasteiger partial charge in [-0.25, -0.2) is 9.18 Å². The molecule has 6 heteroatoms. The molecule has 0 spiro atoms. The highest BCUT2D eigenvalue weighted by Crippen LogP contribution is 2.30. The van der Waals surface area contributed by atoms with Crippen LogP contribution in [0.15, 0.2) is 66.7 Å². The fraction of sp³-hybridized carbons (Fsp3) is 0.167. The van der Waals surface area contributed by atoms with Gasteiger partial charge in [-0.15, -0.1) is 0 Å². The quantitative estimate of drug-likeness (QED) is 0.666. The van der Waals surface area contributed by atoms with Crippen molar-refractivity contribution in [3.05, 3.63) is 94.8 Å². The normalized spacial score (nSPS) is 12.4. The fourth-order valence-electron chi connectivity index (χ4n) is 3.54. The van der Waals surface area contributed by atoms with Crippen LogP contribution in [0.5, 0.6) is 0 Å². The summed E-state index contributed by atoms with van der Waals surface area (Å²) in [5, 5.41) is 5.41. The Labute approximate surface area is 174 Å². The summed E-state index contributed by atoms with van der Waals surface area (Å²) in [7, 11) is 0. The first-order valence-corrected chi connectivity index (χ1v) is 9.81. The zero-order valence-corrected chi connectivity index (χ0v) is 16.6. The van der Waals surface area contributed by atoms with E-state index in [2.05, 4.69) is 10.6 Å². The van der Waals surface area contributed by atoms with Gasteiger partial charge in [-0.05, 0) is 60.4 Å². The molecule has 0 aromatic heterocycles. The Morgan fingerprint density at radius 2 is 1.83 bits per heavy atom. The molecule has 3 amide bonds. The number of nitrogens with zero attached hydrogens (tertiary/aromatic N) is 1. The van der Waals surface area contributed by atoms with E-state index in [1.165, 1.54) is 6.07 Å². The molecule has 4 rings (SSSR count). The first kappa shape index (κ1) is 19.6. The lowest BCUT2D eigenvalue weighted by atomic mass is 10.1. The Morgan fingerprint density at radius 1 is 1.03 bits per heavy atom. The smallest absolute Gasteiger partial charge is 0.319 e. The zero-order chi connectivity index (χ0) is 21.1. The molecule has 2 N–H and O–H groups in total. The minimum absolute atomic E-state index is 0.00932. The molecule has 0 radical (unpaired) electrons. The number of rotatable bonds is 4. The van der Waals surface area contributed by atoms with E-state index in [1.807, 2.05) is 48.5 Å². The van der Waals surface area contributed by atoms with Gasteiger partial charge in [0.25, 0.3) is 5.91 Å². The molecule has 0 bridgehead atoms. The molecule has 30 heavy (non-hydrogen) atoms. The summed E-state index contributed by atoms with van der Waals surface area (Å²) in [6, 6.07) is 19.2. The molecule has 0 fully saturated rings. The third-order valence-corrected chi connectivity index (χ3v) is 5.19. The predicted molar refractivity (Wildman–Crippen MR) is 115 cm³/mol. The van der Waals surface area contributed by atoms with E-state index in [0.29, 0.717) is 29.9 Å². The van der Waals surface area contributed by atoms with Gasteiger partial charge < -0.3 is 15.5 Å². The Morgan fingerprint density at radius 3 is 2.60 bits per heavy atom. The summed E-state index contributed by atoms with van der Waals surface area (Å²) in [4.78, 5) is 26.7. The van der Waals surface area contributed by atoms with Crippen LogP contribution in [0, 0.1) is 12.7 Å². The van der Waals surface area contributed by atoms with Gasteiger partial charge in [0.2, 0.25) is 0 Å². The topological polar surface area (TPSA) is 61.4 Å². The summed E-state index contributed by atoms with van der Waals surface area (Å²) in [5.41, 5.74) is 4.53. The van der Waals surface area contributed by atoms with Gasteiger partial charge in [0, 0.05) is 30.0 Å². The second-order valence-corrected chi connectivity index (χ2v) is 7.31. The van der Waals surface area contributed by atoms with Gasteiger partial charge >= 0.3 is 6.03 Å². The molecule has 3 aromatic rings. The van der Waals surface area contributed by atoms with Crippen LogP contribution in [0.1, 0.15) is 27.0 Å². The van der Waals surface area contributed by atoms with Crippen molar-refractivity contribution in [2.75, 3.05) is 16.8 Å².